The van der Waals surface area contributed by atoms with E-state index in [0.717, 1.165) is 5.56 Å². The van der Waals surface area contributed by atoms with E-state index in [0.29, 0.717) is 5.69 Å². The molecule has 0 fully saturated rings. The van der Waals surface area contributed by atoms with Crippen molar-refractivity contribution in [1.29, 1.82) is 0 Å². The van der Waals surface area contributed by atoms with Gasteiger partial charge in [-0.2, -0.15) is 0 Å². The van der Waals surface area contributed by atoms with E-state index in [1.165, 1.54) is 17.7 Å². The number of benzene rings is 2. The van der Waals surface area contributed by atoms with Gasteiger partial charge in [0.1, 0.15) is 5.82 Å². The van der Waals surface area contributed by atoms with Crippen molar-refractivity contribution >= 4 is 11.6 Å². The Hall–Kier alpha value is -2.88. The van der Waals surface area contributed by atoms with Gasteiger partial charge in [-0.25, -0.2) is 4.39 Å². The van der Waals surface area contributed by atoms with E-state index in [1.807, 2.05) is 60.3 Å². The van der Waals surface area contributed by atoms with Crippen LogP contribution in [0, 0.1) is 12.7 Å². The van der Waals surface area contributed by atoms with Gasteiger partial charge in [-0.05, 0) is 42.8 Å². The quantitative estimate of drug-likeness (QED) is 0.734. The molecule has 0 aliphatic carbocycles. The molecule has 0 aliphatic heterocycles. The molecule has 1 atom stereocenters. The van der Waals surface area contributed by atoms with Crippen LogP contribution in [0.25, 0.3) is 0 Å². The van der Waals surface area contributed by atoms with Gasteiger partial charge >= 0.3 is 0 Å². The zero-order chi connectivity index (χ0) is 16.9. The Labute approximate surface area is 140 Å². The highest BCUT2D eigenvalue weighted by atomic mass is 19.1. The second-order valence-electron chi connectivity index (χ2n) is 5.82. The molecule has 24 heavy (non-hydrogen) atoms. The van der Waals surface area contributed by atoms with Crippen LogP contribution in [0.1, 0.15) is 23.6 Å². The molecule has 3 aromatic rings. The summed E-state index contributed by atoms with van der Waals surface area (Å²) in [5, 5.41) is 2.76. The van der Waals surface area contributed by atoms with Gasteiger partial charge < -0.3 is 9.88 Å². The first-order chi connectivity index (χ1) is 11.6. The molecule has 4 heteroatoms. The number of nitrogens with one attached hydrogen (secondary N) is 1. The molecule has 3 rings (SSSR count). The van der Waals surface area contributed by atoms with Crippen molar-refractivity contribution in [1.82, 2.24) is 4.57 Å². The van der Waals surface area contributed by atoms with Gasteiger partial charge in [-0.3, -0.25) is 4.79 Å². The third kappa shape index (κ3) is 3.90. The van der Waals surface area contributed by atoms with Crippen LogP contribution in [0.2, 0.25) is 0 Å². The van der Waals surface area contributed by atoms with Crippen molar-refractivity contribution in [3.05, 3.63) is 90.0 Å². The van der Waals surface area contributed by atoms with Crippen LogP contribution in [0.3, 0.4) is 0 Å². The van der Waals surface area contributed by atoms with Crippen LogP contribution in [0.4, 0.5) is 10.1 Å². The Morgan fingerprint density at radius 1 is 1.08 bits per heavy atom. The maximum Gasteiger partial charge on any atom is 0.226 e. The number of aromatic nitrogens is 1. The van der Waals surface area contributed by atoms with Crippen molar-refractivity contribution < 1.29 is 9.18 Å². The molecule has 1 heterocycles. The highest BCUT2D eigenvalue weighted by Crippen LogP contribution is 2.23. The van der Waals surface area contributed by atoms with Crippen LogP contribution >= 0.6 is 0 Å². The van der Waals surface area contributed by atoms with E-state index >= 15 is 0 Å². The van der Waals surface area contributed by atoms with Crippen LogP contribution in [-0.2, 0) is 4.79 Å². The highest BCUT2D eigenvalue weighted by Gasteiger charge is 2.17. The topological polar surface area (TPSA) is 34.0 Å². The summed E-state index contributed by atoms with van der Waals surface area (Å²) in [6.45, 7) is 2.03. The molecule has 1 N–H and O–H groups in total. The molecule has 122 valence electrons. The molecule has 0 bridgehead atoms. The van der Waals surface area contributed by atoms with Crippen LogP contribution in [0.15, 0.2) is 73.1 Å². The minimum absolute atomic E-state index is 0.103. The lowest BCUT2D eigenvalue weighted by molar-refractivity contribution is -0.116. The third-order valence-electron chi connectivity index (χ3n) is 3.94. The first kappa shape index (κ1) is 16.0. The fourth-order valence-electron chi connectivity index (χ4n) is 2.69. The summed E-state index contributed by atoms with van der Waals surface area (Å²) in [4.78, 5) is 12.4. The molecular weight excluding hydrogens is 303 g/mol. The minimum Gasteiger partial charge on any atom is -0.346 e. The third-order valence-corrected chi connectivity index (χ3v) is 3.94. The summed E-state index contributed by atoms with van der Waals surface area (Å²) in [6, 6.07) is 17.8. The molecular formula is C20H19FN2O. The summed E-state index contributed by atoms with van der Waals surface area (Å²) < 4.78 is 15.3. The largest absolute Gasteiger partial charge is 0.346 e. The van der Waals surface area contributed by atoms with Gasteiger partial charge in [0.15, 0.2) is 0 Å². The number of anilines is 1. The molecule has 1 aromatic heterocycles. The van der Waals surface area contributed by atoms with Crippen LogP contribution < -0.4 is 5.32 Å². The predicted octanol–water partition coefficient (Wildman–Crippen LogP) is 4.55. The van der Waals surface area contributed by atoms with Crippen molar-refractivity contribution in [2.75, 3.05) is 5.32 Å². The molecule has 0 spiro atoms. The SMILES string of the molecule is Cc1ccc(C(CC(=O)Nc2cccc(F)c2)n2cccc2)cc1. The van der Waals surface area contributed by atoms with Crippen molar-refractivity contribution in [2.24, 2.45) is 0 Å². The lowest BCUT2D eigenvalue weighted by atomic mass is 10.0. The van der Waals surface area contributed by atoms with E-state index in [9.17, 15) is 9.18 Å². The van der Waals surface area contributed by atoms with Gasteiger partial charge in [-0.15, -0.1) is 0 Å². The number of aryl methyl sites for hydroxylation is 1. The first-order valence-corrected chi connectivity index (χ1v) is 7.86. The number of nitrogens with zero attached hydrogens (tertiary/aromatic N) is 1. The minimum atomic E-state index is -0.367. The fraction of sp³-hybridized carbons (Fsp3) is 0.150. The van der Waals surface area contributed by atoms with Crippen molar-refractivity contribution in [2.45, 2.75) is 19.4 Å². The van der Waals surface area contributed by atoms with Gasteiger partial charge in [0, 0.05) is 18.1 Å². The number of hydrogen-bond donors (Lipinski definition) is 1. The number of carbonyl (C=O) groups excluding carboxylic acids is 1. The Morgan fingerprint density at radius 3 is 2.46 bits per heavy atom. The molecule has 1 amide bonds. The summed E-state index contributed by atoms with van der Waals surface area (Å²) >= 11 is 0. The van der Waals surface area contributed by atoms with Gasteiger partial charge in [0.05, 0.1) is 12.5 Å². The second kappa shape index (κ2) is 7.13. The van der Waals surface area contributed by atoms with Gasteiger partial charge in [-0.1, -0.05) is 35.9 Å². The Kier molecular flexibility index (Phi) is 4.75. The summed E-state index contributed by atoms with van der Waals surface area (Å²) in [7, 11) is 0. The molecule has 0 aliphatic rings. The summed E-state index contributed by atoms with van der Waals surface area (Å²) in [6.07, 6.45) is 4.16. The maximum atomic E-state index is 13.3. The van der Waals surface area contributed by atoms with E-state index < -0.39 is 0 Å². The first-order valence-electron chi connectivity index (χ1n) is 7.86. The van der Waals surface area contributed by atoms with Gasteiger partial charge in [0.2, 0.25) is 5.91 Å². The molecule has 2 aromatic carbocycles. The van der Waals surface area contributed by atoms with Crippen LogP contribution in [-0.4, -0.2) is 10.5 Å². The summed E-state index contributed by atoms with van der Waals surface area (Å²) in [5.74, 6) is -0.520. The smallest absolute Gasteiger partial charge is 0.226 e. The number of carbonyl (C=O) groups is 1. The van der Waals surface area contributed by atoms with Gasteiger partial charge in [0.25, 0.3) is 0 Å². The number of halogens is 1. The molecule has 3 nitrogen and oxygen atoms in total. The molecule has 0 saturated carbocycles. The molecule has 0 radical (unpaired) electrons. The molecule has 0 saturated heterocycles. The van der Waals surface area contributed by atoms with Crippen LogP contribution in [0.5, 0.6) is 0 Å². The van der Waals surface area contributed by atoms with Crippen molar-refractivity contribution in [3.63, 3.8) is 0 Å². The second-order valence-corrected chi connectivity index (χ2v) is 5.82. The normalized spacial score (nSPS) is 11.9. The fourth-order valence-corrected chi connectivity index (χ4v) is 2.69. The Bertz CT molecular complexity index is 810. The standard InChI is InChI=1S/C20H19FN2O/c1-15-7-9-16(10-8-15)19(23-11-2-3-12-23)14-20(24)22-18-6-4-5-17(21)13-18/h2-13,19H,14H2,1H3,(H,22,24). The average Bonchev–Trinajstić information content (AvgIpc) is 3.08. The van der Waals surface area contributed by atoms with E-state index in [4.69, 9.17) is 0 Å². The van der Waals surface area contributed by atoms with E-state index in [-0.39, 0.29) is 24.2 Å². The lowest BCUT2D eigenvalue weighted by Gasteiger charge is -2.19. The summed E-state index contributed by atoms with van der Waals surface area (Å²) in [5.41, 5.74) is 2.70. The van der Waals surface area contributed by atoms with Crippen molar-refractivity contribution in [3.8, 4) is 0 Å². The highest BCUT2D eigenvalue weighted by molar-refractivity contribution is 5.91. The number of amides is 1. The Balaban J connectivity index is 1.79. The zero-order valence-corrected chi connectivity index (χ0v) is 13.4. The average molecular weight is 322 g/mol. The number of hydrogen-bond acceptors (Lipinski definition) is 1. The van der Waals surface area contributed by atoms with E-state index in [1.54, 1.807) is 12.1 Å². The zero-order valence-electron chi connectivity index (χ0n) is 13.4. The predicted molar refractivity (Wildman–Crippen MR) is 93.4 cm³/mol. The monoisotopic (exact) mass is 322 g/mol. The Morgan fingerprint density at radius 2 is 1.79 bits per heavy atom. The lowest BCUT2D eigenvalue weighted by Crippen LogP contribution is -2.19. The number of rotatable bonds is 5. The maximum absolute atomic E-state index is 13.3. The molecule has 1 unspecified atom stereocenters. The van der Waals surface area contributed by atoms with E-state index in [2.05, 4.69) is 5.32 Å².